The molecule has 0 bridgehead atoms. The third-order valence-electron chi connectivity index (χ3n) is 2.25. The van der Waals surface area contributed by atoms with Crippen LogP contribution in [0.25, 0.3) is 0 Å². The van der Waals surface area contributed by atoms with E-state index < -0.39 is 0 Å². The van der Waals surface area contributed by atoms with Crippen molar-refractivity contribution in [3.8, 4) is 10.8 Å². The lowest BCUT2D eigenvalue weighted by Crippen LogP contribution is -2.52. The largest absolute Gasteiger partial charge is 0.327 e. The molecule has 1 heterocycles. The van der Waals surface area contributed by atoms with Gasteiger partial charge in [-0.15, -0.1) is 0 Å². The number of carbonyl (C=O) groups is 1. The van der Waals surface area contributed by atoms with E-state index in [2.05, 4.69) is 38.6 Å². The molecule has 1 saturated heterocycles. The van der Waals surface area contributed by atoms with Crippen LogP contribution in [0.5, 0.6) is 0 Å². The van der Waals surface area contributed by atoms with Crippen molar-refractivity contribution in [2.24, 2.45) is 0 Å². The Morgan fingerprint density at radius 1 is 1.54 bits per heavy atom. The Morgan fingerprint density at radius 2 is 2.23 bits per heavy atom. The first kappa shape index (κ1) is 10.6. The van der Waals surface area contributed by atoms with Gasteiger partial charge >= 0.3 is 0 Å². The van der Waals surface area contributed by atoms with Crippen molar-refractivity contribution in [1.29, 1.82) is 0 Å². The molecule has 1 amide bonds. The first-order chi connectivity index (χ1) is 6.15. The van der Waals surface area contributed by atoms with Crippen molar-refractivity contribution < 1.29 is 4.79 Å². The normalized spacial score (nSPS) is 23.6. The number of halogens is 1. The summed E-state index contributed by atoms with van der Waals surface area (Å²) in [7, 11) is 2.06. The van der Waals surface area contributed by atoms with E-state index >= 15 is 0 Å². The van der Waals surface area contributed by atoms with Gasteiger partial charge in [-0.2, -0.15) is 0 Å². The topological polar surface area (TPSA) is 23.6 Å². The highest BCUT2D eigenvalue weighted by Crippen LogP contribution is 2.07. The number of nitrogens with zero attached hydrogens (tertiary/aromatic N) is 2. The molecule has 4 heteroatoms. The van der Waals surface area contributed by atoms with E-state index in [1.165, 1.54) is 0 Å². The Labute approximate surface area is 87.2 Å². The minimum atomic E-state index is -0.0857. The Balaban J connectivity index is 2.59. The number of hydrogen-bond acceptors (Lipinski definition) is 2. The van der Waals surface area contributed by atoms with Gasteiger partial charge in [0, 0.05) is 47.5 Å². The standard InChI is InChI=1S/C9H13BrN2O/c1-8-7-11(2)5-6-12(8)9(13)3-4-10/h8H,5-7H2,1-2H3. The first-order valence-electron chi connectivity index (χ1n) is 4.26. The van der Waals surface area contributed by atoms with Crippen LogP contribution in [0.4, 0.5) is 0 Å². The van der Waals surface area contributed by atoms with E-state index in [4.69, 9.17) is 0 Å². The first-order valence-corrected chi connectivity index (χ1v) is 5.05. The predicted octanol–water partition coefficient (Wildman–Crippen LogP) is 0.505. The van der Waals surface area contributed by atoms with E-state index in [1.807, 2.05) is 11.8 Å². The highest BCUT2D eigenvalue weighted by molar-refractivity contribution is 9.12. The molecular formula is C9H13BrN2O. The predicted molar refractivity (Wildman–Crippen MR) is 55.4 cm³/mol. The molecule has 0 radical (unpaired) electrons. The summed E-state index contributed by atoms with van der Waals surface area (Å²) >= 11 is 2.93. The zero-order valence-corrected chi connectivity index (χ0v) is 9.47. The molecule has 0 aromatic rings. The van der Waals surface area contributed by atoms with Gasteiger partial charge in [0.25, 0.3) is 5.91 Å². The van der Waals surface area contributed by atoms with Gasteiger partial charge in [0.1, 0.15) is 0 Å². The Bertz CT molecular complexity index is 256. The SMILES string of the molecule is CC1CN(C)CCN1C(=O)C#CBr. The minimum absolute atomic E-state index is 0.0857. The van der Waals surface area contributed by atoms with Crippen LogP contribution in [0.1, 0.15) is 6.92 Å². The van der Waals surface area contributed by atoms with E-state index in [0.717, 1.165) is 19.6 Å². The molecular weight excluding hydrogens is 232 g/mol. The fourth-order valence-corrected chi connectivity index (χ4v) is 1.72. The van der Waals surface area contributed by atoms with E-state index in [1.54, 1.807) is 0 Å². The molecule has 72 valence electrons. The van der Waals surface area contributed by atoms with Gasteiger partial charge in [0.2, 0.25) is 0 Å². The molecule has 0 saturated carbocycles. The fraction of sp³-hybridized carbons (Fsp3) is 0.667. The molecule has 0 N–H and O–H groups in total. The second-order valence-corrected chi connectivity index (χ2v) is 3.73. The molecule has 0 aliphatic carbocycles. The monoisotopic (exact) mass is 244 g/mol. The van der Waals surface area contributed by atoms with Crippen LogP contribution >= 0.6 is 15.9 Å². The van der Waals surface area contributed by atoms with Crippen molar-refractivity contribution >= 4 is 21.8 Å². The number of rotatable bonds is 0. The lowest BCUT2D eigenvalue weighted by Gasteiger charge is -2.36. The smallest absolute Gasteiger partial charge is 0.299 e. The van der Waals surface area contributed by atoms with Gasteiger partial charge in [-0.25, -0.2) is 0 Å². The maximum absolute atomic E-state index is 11.4. The molecule has 0 aromatic carbocycles. The summed E-state index contributed by atoms with van der Waals surface area (Å²) in [5, 5.41) is 0. The molecule has 1 fully saturated rings. The summed E-state index contributed by atoms with van der Waals surface area (Å²) in [6.45, 7) is 4.68. The Morgan fingerprint density at radius 3 is 2.77 bits per heavy atom. The zero-order chi connectivity index (χ0) is 9.84. The third-order valence-corrected chi connectivity index (χ3v) is 2.44. The maximum atomic E-state index is 11.4. The van der Waals surface area contributed by atoms with Gasteiger partial charge in [-0.3, -0.25) is 4.79 Å². The molecule has 1 rings (SSSR count). The summed E-state index contributed by atoms with van der Waals surface area (Å²) in [6.07, 6.45) is 0. The molecule has 1 atom stereocenters. The van der Waals surface area contributed by atoms with Crippen LogP contribution in [-0.4, -0.2) is 48.4 Å². The lowest BCUT2D eigenvalue weighted by molar-refractivity contribution is -0.129. The highest BCUT2D eigenvalue weighted by atomic mass is 79.9. The summed E-state index contributed by atoms with van der Waals surface area (Å²) in [5.74, 6) is 2.41. The molecule has 3 nitrogen and oxygen atoms in total. The molecule has 1 aliphatic rings. The van der Waals surface area contributed by atoms with Crippen molar-refractivity contribution in [3.05, 3.63) is 0 Å². The minimum Gasteiger partial charge on any atom is -0.327 e. The molecule has 1 aliphatic heterocycles. The third kappa shape index (κ3) is 2.71. The second-order valence-electron chi connectivity index (χ2n) is 3.33. The Kier molecular flexibility index (Phi) is 3.76. The van der Waals surface area contributed by atoms with Gasteiger partial charge < -0.3 is 9.80 Å². The lowest BCUT2D eigenvalue weighted by atomic mass is 10.2. The van der Waals surface area contributed by atoms with E-state index in [0.29, 0.717) is 0 Å². The quantitative estimate of drug-likeness (QED) is 0.580. The van der Waals surface area contributed by atoms with Crippen LogP contribution in [0, 0.1) is 10.8 Å². The van der Waals surface area contributed by atoms with Crippen LogP contribution in [0.3, 0.4) is 0 Å². The van der Waals surface area contributed by atoms with Gasteiger partial charge in [0.15, 0.2) is 0 Å². The summed E-state index contributed by atoms with van der Waals surface area (Å²) < 4.78 is 0. The zero-order valence-electron chi connectivity index (χ0n) is 7.88. The van der Waals surface area contributed by atoms with Gasteiger partial charge in [-0.05, 0) is 18.8 Å². The maximum Gasteiger partial charge on any atom is 0.299 e. The van der Waals surface area contributed by atoms with Crippen molar-refractivity contribution in [2.75, 3.05) is 26.7 Å². The highest BCUT2D eigenvalue weighted by Gasteiger charge is 2.24. The van der Waals surface area contributed by atoms with Gasteiger partial charge in [0.05, 0.1) is 0 Å². The molecule has 1 unspecified atom stereocenters. The average Bonchev–Trinajstić information content (AvgIpc) is 2.04. The van der Waals surface area contributed by atoms with Crippen LogP contribution in [0.2, 0.25) is 0 Å². The van der Waals surface area contributed by atoms with E-state index in [-0.39, 0.29) is 11.9 Å². The second kappa shape index (κ2) is 4.64. The number of hydrogen-bond donors (Lipinski definition) is 0. The van der Waals surface area contributed by atoms with Crippen LogP contribution in [-0.2, 0) is 4.79 Å². The summed E-state index contributed by atoms with van der Waals surface area (Å²) in [6, 6.07) is 0.264. The number of piperazine rings is 1. The number of amides is 1. The summed E-state index contributed by atoms with van der Waals surface area (Å²) in [5.41, 5.74) is 0. The Hall–Kier alpha value is -0.530. The fourth-order valence-electron chi connectivity index (χ4n) is 1.55. The van der Waals surface area contributed by atoms with Gasteiger partial charge in [-0.1, -0.05) is 0 Å². The molecule has 13 heavy (non-hydrogen) atoms. The van der Waals surface area contributed by atoms with Crippen molar-refractivity contribution in [1.82, 2.24) is 9.80 Å². The molecule has 0 spiro atoms. The van der Waals surface area contributed by atoms with Crippen LogP contribution in [0.15, 0.2) is 0 Å². The average molecular weight is 245 g/mol. The van der Waals surface area contributed by atoms with E-state index in [9.17, 15) is 4.79 Å². The van der Waals surface area contributed by atoms with Crippen molar-refractivity contribution in [3.63, 3.8) is 0 Å². The van der Waals surface area contributed by atoms with Crippen molar-refractivity contribution in [2.45, 2.75) is 13.0 Å². The number of carbonyl (C=O) groups excluding carboxylic acids is 1. The molecule has 0 aromatic heterocycles. The number of likely N-dealkylation sites (N-methyl/N-ethyl adjacent to an activating group) is 1. The van der Waals surface area contributed by atoms with Crippen LogP contribution < -0.4 is 0 Å². The summed E-state index contributed by atoms with van der Waals surface area (Å²) in [4.78, 5) is 17.9.